The average molecular weight is 457 g/mol. The third-order valence-corrected chi connectivity index (χ3v) is 6.63. The van der Waals surface area contributed by atoms with Crippen LogP contribution in [0.5, 0.6) is 0 Å². The number of hydrogen-bond acceptors (Lipinski definition) is 7. The highest BCUT2D eigenvalue weighted by Gasteiger charge is 2.22. The van der Waals surface area contributed by atoms with Gasteiger partial charge in [0, 0.05) is 48.7 Å². The highest BCUT2D eigenvalue weighted by molar-refractivity contribution is 7.98. The summed E-state index contributed by atoms with van der Waals surface area (Å²) in [7, 11) is 0. The van der Waals surface area contributed by atoms with Gasteiger partial charge in [-0.05, 0) is 49.3 Å². The van der Waals surface area contributed by atoms with Crippen molar-refractivity contribution in [1.29, 1.82) is 0 Å². The molecule has 164 valence electrons. The standard InChI is InChI=1S/C23H28N6S.ClH/c1-30-21-5-3-2-4-19(21)28-20-13-17(29-10-8-24-9-11-29)12-18-22(20)26-15-27-23(18)25-14-16-6-7-16;/h2-5,12-13,15-16,24,28H,6-11,14H2,1H3,(H,25,26,27);1H. The molecule has 2 heterocycles. The van der Waals surface area contributed by atoms with Gasteiger partial charge in [-0.2, -0.15) is 0 Å². The fraction of sp³-hybridized carbons (Fsp3) is 0.391. The van der Waals surface area contributed by atoms with E-state index in [0.29, 0.717) is 0 Å². The van der Waals surface area contributed by atoms with Crippen molar-refractivity contribution in [2.45, 2.75) is 17.7 Å². The molecule has 0 amide bonds. The Bertz CT molecular complexity index is 1040. The van der Waals surface area contributed by atoms with E-state index in [0.717, 1.165) is 66.7 Å². The van der Waals surface area contributed by atoms with Crippen molar-refractivity contribution in [1.82, 2.24) is 15.3 Å². The number of para-hydroxylation sites is 1. The van der Waals surface area contributed by atoms with E-state index in [1.165, 1.54) is 23.4 Å². The average Bonchev–Trinajstić information content (AvgIpc) is 3.63. The zero-order chi connectivity index (χ0) is 20.3. The molecule has 0 bridgehead atoms. The number of piperazine rings is 1. The third-order valence-electron chi connectivity index (χ3n) is 5.84. The minimum atomic E-state index is 0. The van der Waals surface area contributed by atoms with E-state index in [4.69, 9.17) is 0 Å². The van der Waals surface area contributed by atoms with Crippen LogP contribution in [0.1, 0.15) is 12.8 Å². The molecule has 1 aliphatic heterocycles. The predicted octanol–water partition coefficient (Wildman–Crippen LogP) is 4.75. The molecule has 2 fully saturated rings. The minimum Gasteiger partial charge on any atom is -0.369 e. The van der Waals surface area contributed by atoms with Crippen molar-refractivity contribution in [3.05, 3.63) is 42.7 Å². The Labute approximate surface area is 194 Å². The summed E-state index contributed by atoms with van der Waals surface area (Å²) in [6.45, 7) is 5.01. The molecule has 3 aromatic rings. The van der Waals surface area contributed by atoms with Gasteiger partial charge in [-0.3, -0.25) is 0 Å². The summed E-state index contributed by atoms with van der Waals surface area (Å²) in [5, 5.41) is 11.8. The Kier molecular flexibility index (Phi) is 7.05. The summed E-state index contributed by atoms with van der Waals surface area (Å²) in [5.74, 6) is 1.72. The monoisotopic (exact) mass is 456 g/mol. The van der Waals surface area contributed by atoms with Crippen LogP contribution >= 0.6 is 24.2 Å². The van der Waals surface area contributed by atoms with Gasteiger partial charge in [-0.15, -0.1) is 24.2 Å². The maximum Gasteiger partial charge on any atom is 0.137 e. The van der Waals surface area contributed by atoms with Crippen molar-refractivity contribution < 1.29 is 0 Å². The molecule has 0 atom stereocenters. The number of benzene rings is 2. The summed E-state index contributed by atoms with van der Waals surface area (Å²) >= 11 is 1.75. The first kappa shape index (κ1) is 22.0. The van der Waals surface area contributed by atoms with Crippen LogP contribution < -0.4 is 20.9 Å². The molecule has 31 heavy (non-hydrogen) atoms. The molecule has 1 aliphatic carbocycles. The third kappa shape index (κ3) is 5.00. The zero-order valence-electron chi connectivity index (χ0n) is 17.7. The molecule has 0 unspecified atom stereocenters. The van der Waals surface area contributed by atoms with E-state index in [-0.39, 0.29) is 12.4 Å². The second kappa shape index (κ2) is 9.94. The van der Waals surface area contributed by atoms with Crippen LogP contribution in [0.3, 0.4) is 0 Å². The summed E-state index contributed by atoms with van der Waals surface area (Å²) in [5.41, 5.74) is 4.31. The molecular weight excluding hydrogens is 428 g/mol. The first-order chi connectivity index (χ1) is 14.8. The normalized spacial score (nSPS) is 16.1. The number of rotatable bonds is 7. The Morgan fingerprint density at radius 3 is 2.68 bits per heavy atom. The number of nitrogens with zero attached hydrogens (tertiary/aromatic N) is 3. The molecule has 0 radical (unpaired) electrons. The molecule has 5 rings (SSSR count). The van der Waals surface area contributed by atoms with Gasteiger partial charge < -0.3 is 20.9 Å². The molecule has 2 aliphatic rings. The number of halogens is 1. The molecule has 2 aromatic carbocycles. The van der Waals surface area contributed by atoms with Gasteiger partial charge in [-0.1, -0.05) is 12.1 Å². The topological polar surface area (TPSA) is 65.1 Å². The second-order valence-corrected chi connectivity index (χ2v) is 8.85. The van der Waals surface area contributed by atoms with Crippen LogP contribution in [-0.2, 0) is 0 Å². The molecule has 6 nitrogen and oxygen atoms in total. The van der Waals surface area contributed by atoms with E-state index >= 15 is 0 Å². The summed E-state index contributed by atoms with van der Waals surface area (Å²) < 4.78 is 0. The quantitative estimate of drug-likeness (QED) is 0.443. The van der Waals surface area contributed by atoms with Crippen LogP contribution in [0.2, 0.25) is 0 Å². The van der Waals surface area contributed by atoms with Gasteiger partial charge in [0.2, 0.25) is 0 Å². The van der Waals surface area contributed by atoms with Crippen molar-refractivity contribution in [3.63, 3.8) is 0 Å². The Balaban J connectivity index is 0.00000231. The van der Waals surface area contributed by atoms with E-state index in [2.05, 4.69) is 73.5 Å². The Hall–Kier alpha value is -2.22. The Morgan fingerprint density at radius 1 is 1.10 bits per heavy atom. The molecule has 1 saturated carbocycles. The van der Waals surface area contributed by atoms with E-state index in [1.54, 1.807) is 18.1 Å². The number of thioether (sulfide) groups is 1. The fourth-order valence-corrected chi connectivity index (χ4v) is 4.50. The largest absolute Gasteiger partial charge is 0.369 e. The number of fused-ring (bicyclic) bond motifs is 1. The van der Waals surface area contributed by atoms with Gasteiger partial charge in [0.05, 0.1) is 16.9 Å². The fourth-order valence-electron chi connectivity index (χ4n) is 3.95. The van der Waals surface area contributed by atoms with E-state index < -0.39 is 0 Å². The predicted molar refractivity (Wildman–Crippen MR) is 135 cm³/mol. The van der Waals surface area contributed by atoms with Gasteiger partial charge in [0.15, 0.2) is 0 Å². The van der Waals surface area contributed by atoms with Crippen molar-refractivity contribution in [2.24, 2.45) is 5.92 Å². The number of hydrogen-bond donors (Lipinski definition) is 3. The van der Waals surface area contributed by atoms with Gasteiger partial charge in [0.25, 0.3) is 0 Å². The minimum absolute atomic E-state index is 0. The second-order valence-electron chi connectivity index (χ2n) is 8.00. The van der Waals surface area contributed by atoms with Crippen LogP contribution in [0.15, 0.2) is 47.6 Å². The van der Waals surface area contributed by atoms with Crippen LogP contribution in [0.4, 0.5) is 22.9 Å². The van der Waals surface area contributed by atoms with Gasteiger partial charge >= 0.3 is 0 Å². The highest BCUT2D eigenvalue weighted by Crippen LogP contribution is 2.36. The Morgan fingerprint density at radius 2 is 1.90 bits per heavy atom. The number of nitrogens with one attached hydrogen (secondary N) is 3. The molecule has 1 aromatic heterocycles. The molecule has 1 saturated heterocycles. The molecular formula is C23H29ClN6S. The summed E-state index contributed by atoms with van der Waals surface area (Å²) in [6.07, 6.45) is 6.42. The van der Waals surface area contributed by atoms with Crippen molar-refractivity contribution in [2.75, 3.05) is 54.5 Å². The zero-order valence-corrected chi connectivity index (χ0v) is 19.4. The van der Waals surface area contributed by atoms with Crippen molar-refractivity contribution in [3.8, 4) is 0 Å². The summed E-state index contributed by atoms with van der Waals surface area (Å²) in [6, 6.07) is 12.9. The highest BCUT2D eigenvalue weighted by atomic mass is 35.5. The molecule has 0 spiro atoms. The van der Waals surface area contributed by atoms with Crippen LogP contribution in [0.25, 0.3) is 10.9 Å². The van der Waals surface area contributed by atoms with Gasteiger partial charge in [-0.25, -0.2) is 9.97 Å². The van der Waals surface area contributed by atoms with Gasteiger partial charge in [0.1, 0.15) is 12.1 Å². The summed E-state index contributed by atoms with van der Waals surface area (Å²) in [4.78, 5) is 12.9. The van der Waals surface area contributed by atoms with E-state index in [9.17, 15) is 0 Å². The SMILES string of the molecule is CSc1ccccc1Nc1cc(N2CCNCC2)cc2c(NCC3CC3)ncnc12.Cl. The van der Waals surface area contributed by atoms with Crippen LogP contribution in [-0.4, -0.2) is 48.9 Å². The number of aromatic nitrogens is 2. The van der Waals surface area contributed by atoms with Crippen molar-refractivity contribution >= 4 is 58.0 Å². The smallest absolute Gasteiger partial charge is 0.137 e. The van der Waals surface area contributed by atoms with Crippen LogP contribution in [0, 0.1) is 5.92 Å². The maximum atomic E-state index is 4.67. The lowest BCUT2D eigenvalue weighted by molar-refractivity contribution is 0.589. The lowest BCUT2D eigenvalue weighted by Crippen LogP contribution is -2.43. The lowest BCUT2D eigenvalue weighted by Gasteiger charge is -2.30. The first-order valence-corrected chi connectivity index (χ1v) is 11.9. The maximum absolute atomic E-state index is 4.67. The number of anilines is 4. The molecule has 8 heteroatoms. The molecule has 3 N–H and O–H groups in total. The lowest BCUT2D eigenvalue weighted by atomic mass is 10.1. The first-order valence-electron chi connectivity index (χ1n) is 10.7. The van der Waals surface area contributed by atoms with E-state index in [1.807, 2.05) is 0 Å².